The van der Waals surface area contributed by atoms with Gasteiger partial charge in [-0.15, -0.1) is 24.8 Å². The van der Waals surface area contributed by atoms with E-state index in [4.69, 9.17) is 11.5 Å². The van der Waals surface area contributed by atoms with E-state index in [0.717, 1.165) is 12.1 Å². The number of guanidine groups is 2. The van der Waals surface area contributed by atoms with Gasteiger partial charge in [0.15, 0.2) is 0 Å². The minimum atomic E-state index is -0.567. The average Bonchev–Trinajstić information content (AvgIpc) is 2.48. The molecule has 0 amide bonds. The normalized spacial score (nSPS) is 15.4. The first-order valence-electron chi connectivity index (χ1n) is 7.43. The van der Waals surface area contributed by atoms with Crippen molar-refractivity contribution in [2.24, 2.45) is 21.5 Å². The number of nitrogens with two attached hydrogens (primary N) is 2. The summed E-state index contributed by atoms with van der Waals surface area (Å²) in [6, 6.07) is 12.3. The maximum absolute atomic E-state index is 6.05. The highest BCUT2D eigenvalue weighted by Gasteiger charge is 2.32. The Morgan fingerprint density at radius 2 is 1.48 bits per heavy atom. The summed E-state index contributed by atoms with van der Waals surface area (Å²) in [7, 11) is 0. The molecule has 8 heteroatoms. The van der Waals surface area contributed by atoms with E-state index < -0.39 is 5.66 Å². The molecule has 25 heavy (non-hydrogen) atoms. The lowest BCUT2D eigenvalue weighted by molar-refractivity contribution is 0.534. The van der Waals surface area contributed by atoms with Gasteiger partial charge in [0.05, 0.1) is 0 Å². The molecule has 3 rings (SSSR count). The molecule has 0 saturated heterocycles. The van der Waals surface area contributed by atoms with Gasteiger partial charge in [0.25, 0.3) is 0 Å². The number of aromatic nitrogens is 1. The molecule has 0 aliphatic carbocycles. The minimum absolute atomic E-state index is 0. The lowest BCUT2D eigenvalue weighted by atomic mass is 10.0. The SMILES string of the molecule is CC1(C)N=C(N)N=C(N)N1c1ccc(Cc2ccncc2)cc1.Cl.Cl. The molecule has 0 bridgehead atoms. The second-order valence-electron chi connectivity index (χ2n) is 5.97. The number of hydrogen-bond donors (Lipinski definition) is 2. The summed E-state index contributed by atoms with van der Waals surface area (Å²) in [5.41, 5.74) is 14.6. The lowest BCUT2D eigenvalue weighted by Crippen LogP contribution is -2.54. The highest BCUT2D eigenvalue weighted by Crippen LogP contribution is 2.27. The summed E-state index contributed by atoms with van der Waals surface area (Å²) in [6.07, 6.45) is 4.47. The van der Waals surface area contributed by atoms with Gasteiger partial charge >= 0.3 is 0 Å². The zero-order valence-corrected chi connectivity index (χ0v) is 15.7. The van der Waals surface area contributed by atoms with Crippen LogP contribution in [0.3, 0.4) is 0 Å². The van der Waals surface area contributed by atoms with Crippen LogP contribution in [0.15, 0.2) is 58.8 Å². The van der Waals surface area contributed by atoms with Crippen molar-refractivity contribution in [2.75, 3.05) is 4.90 Å². The van der Waals surface area contributed by atoms with Crippen LogP contribution in [0.1, 0.15) is 25.0 Å². The predicted octanol–water partition coefficient (Wildman–Crippen LogP) is 2.70. The number of benzene rings is 1. The Kier molecular flexibility index (Phi) is 6.78. The van der Waals surface area contributed by atoms with Crippen molar-refractivity contribution in [3.05, 3.63) is 59.9 Å². The third kappa shape index (κ3) is 4.61. The second kappa shape index (κ2) is 8.18. The highest BCUT2D eigenvalue weighted by molar-refractivity contribution is 6.05. The maximum atomic E-state index is 6.05. The molecule has 0 spiro atoms. The Bertz CT molecular complexity index is 756. The molecular weight excluding hydrogens is 359 g/mol. The fourth-order valence-corrected chi connectivity index (χ4v) is 2.75. The zero-order chi connectivity index (χ0) is 16.4. The van der Waals surface area contributed by atoms with Crippen LogP contribution >= 0.6 is 24.8 Å². The molecule has 2 heterocycles. The predicted molar refractivity (Wildman–Crippen MR) is 108 cm³/mol. The van der Waals surface area contributed by atoms with Crippen LogP contribution in [0.4, 0.5) is 5.69 Å². The van der Waals surface area contributed by atoms with Gasteiger partial charge in [0.1, 0.15) is 5.66 Å². The van der Waals surface area contributed by atoms with Gasteiger partial charge in [-0.05, 0) is 55.7 Å². The lowest BCUT2D eigenvalue weighted by Gasteiger charge is -2.38. The Balaban J connectivity index is 0.00000156. The number of halogens is 2. The summed E-state index contributed by atoms with van der Waals surface area (Å²) >= 11 is 0. The third-order valence-corrected chi connectivity index (χ3v) is 3.75. The van der Waals surface area contributed by atoms with Gasteiger partial charge < -0.3 is 11.5 Å². The first kappa shape index (κ1) is 20.7. The van der Waals surface area contributed by atoms with Crippen molar-refractivity contribution >= 4 is 42.4 Å². The smallest absolute Gasteiger partial charge is 0.220 e. The van der Waals surface area contributed by atoms with Gasteiger partial charge in [-0.25, -0.2) is 4.99 Å². The van der Waals surface area contributed by atoms with E-state index in [9.17, 15) is 0 Å². The zero-order valence-electron chi connectivity index (χ0n) is 14.1. The molecule has 6 nitrogen and oxygen atoms in total. The molecule has 0 fully saturated rings. The summed E-state index contributed by atoms with van der Waals surface area (Å²) < 4.78 is 0. The Morgan fingerprint density at radius 1 is 0.920 bits per heavy atom. The number of nitrogens with zero attached hydrogens (tertiary/aromatic N) is 4. The van der Waals surface area contributed by atoms with Crippen LogP contribution < -0.4 is 16.4 Å². The summed E-state index contributed by atoms with van der Waals surface area (Å²) in [5, 5.41) is 0. The van der Waals surface area contributed by atoms with Crippen molar-refractivity contribution in [1.29, 1.82) is 0 Å². The summed E-state index contributed by atoms with van der Waals surface area (Å²) in [5.74, 6) is 0.558. The van der Waals surface area contributed by atoms with Crippen molar-refractivity contribution in [3.8, 4) is 0 Å². The average molecular weight is 381 g/mol. The molecule has 4 N–H and O–H groups in total. The number of anilines is 1. The van der Waals surface area contributed by atoms with Crippen molar-refractivity contribution < 1.29 is 0 Å². The van der Waals surface area contributed by atoms with E-state index in [0.29, 0.717) is 5.96 Å². The van der Waals surface area contributed by atoms with E-state index in [2.05, 4.69) is 27.1 Å². The summed E-state index contributed by atoms with van der Waals surface area (Å²) in [6.45, 7) is 3.90. The number of hydrogen-bond acceptors (Lipinski definition) is 6. The molecule has 0 radical (unpaired) electrons. The monoisotopic (exact) mass is 380 g/mol. The highest BCUT2D eigenvalue weighted by atomic mass is 35.5. The van der Waals surface area contributed by atoms with Gasteiger partial charge in [-0.3, -0.25) is 9.88 Å². The molecule has 0 saturated carbocycles. The molecule has 2 aromatic rings. The van der Waals surface area contributed by atoms with Crippen LogP contribution in [-0.4, -0.2) is 22.6 Å². The molecule has 1 aromatic heterocycles. The van der Waals surface area contributed by atoms with Crippen LogP contribution in [0.2, 0.25) is 0 Å². The maximum Gasteiger partial charge on any atom is 0.220 e. The van der Waals surface area contributed by atoms with E-state index in [1.807, 2.05) is 43.0 Å². The molecule has 0 atom stereocenters. The third-order valence-electron chi connectivity index (χ3n) is 3.75. The Hall–Kier alpha value is -2.31. The minimum Gasteiger partial charge on any atom is -0.369 e. The fraction of sp³-hybridized carbons (Fsp3) is 0.235. The van der Waals surface area contributed by atoms with Crippen LogP contribution in [0.5, 0.6) is 0 Å². The van der Waals surface area contributed by atoms with Crippen molar-refractivity contribution in [1.82, 2.24) is 4.98 Å². The first-order valence-corrected chi connectivity index (χ1v) is 7.43. The topological polar surface area (TPSA) is 92.9 Å². The quantitative estimate of drug-likeness (QED) is 0.855. The van der Waals surface area contributed by atoms with E-state index in [1.54, 1.807) is 12.4 Å². The van der Waals surface area contributed by atoms with Crippen LogP contribution in [0.25, 0.3) is 0 Å². The molecule has 1 aromatic carbocycles. The van der Waals surface area contributed by atoms with Gasteiger partial charge in [0, 0.05) is 18.1 Å². The first-order chi connectivity index (χ1) is 11.0. The number of pyridine rings is 1. The van der Waals surface area contributed by atoms with Gasteiger partial charge in [-0.1, -0.05) is 12.1 Å². The second-order valence-corrected chi connectivity index (χ2v) is 5.97. The standard InChI is InChI=1S/C17H20N6.2ClH/c1-17(2)22-15(18)21-16(19)23(17)14-5-3-12(4-6-14)11-13-7-9-20-10-8-13;;/h3-10H,11H2,1-2H3,(H4,18,19,21,22);2*1H. The van der Waals surface area contributed by atoms with Crippen LogP contribution in [-0.2, 0) is 6.42 Å². The van der Waals surface area contributed by atoms with Crippen molar-refractivity contribution in [3.63, 3.8) is 0 Å². The molecule has 134 valence electrons. The number of rotatable bonds is 3. The number of aliphatic imine (C=N–C) groups is 2. The van der Waals surface area contributed by atoms with E-state index in [1.165, 1.54) is 11.1 Å². The van der Waals surface area contributed by atoms with E-state index in [-0.39, 0.29) is 30.8 Å². The molecule has 1 aliphatic rings. The molecule has 1 aliphatic heterocycles. The summed E-state index contributed by atoms with van der Waals surface area (Å²) in [4.78, 5) is 14.3. The van der Waals surface area contributed by atoms with Crippen LogP contribution in [0, 0.1) is 0 Å². The molecule has 0 unspecified atom stereocenters. The van der Waals surface area contributed by atoms with Gasteiger partial charge in [0.2, 0.25) is 11.9 Å². The largest absolute Gasteiger partial charge is 0.369 e. The molecular formula is C17H22Cl2N6. The Morgan fingerprint density at radius 3 is 2.04 bits per heavy atom. The van der Waals surface area contributed by atoms with Crippen molar-refractivity contribution in [2.45, 2.75) is 25.9 Å². The van der Waals surface area contributed by atoms with Gasteiger partial charge in [-0.2, -0.15) is 4.99 Å². The van der Waals surface area contributed by atoms with E-state index >= 15 is 0 Å². The fourth-order valence-electron chi connectivity index (χ4n) is 2.75. The Labute approximate surface area is 159 Å².